The first-order valence-electron chi connectivity index (χ1n) is 10.8. The van der Waals surface area contributed by atoms with Crippen LogP contribution in [-0.2, 0) is 0 Å². The third-order valence-corrected chi connectivity index (χ3v) is 21.8. The Balaban J connectivity index is 4.54. The van der Waals surface area contributed by atoms with Gasteiger partial charge in [-0.1, -0.05) is 0 Å². The van der Waals surface area contributed by atoms with Crippen molar-refractivity contribution in [2.45, 2.75) is 124 Å². The molecule has 0 rings (SSSR count). The molecule has 0 atom stereocenters. The Morgan fingerprint density at radius 3 is 1.39 bits per heavy atom. The normalized spacial score (nSPS) is 11.8. The Bertz CT molecular complexity index is 247. The van der Waals surface area contributed by atoms with E-state index in [0.717, 1.165) is 0 Å². The maximum absolute atomic E-state index is 4.71. The summed E-state index contributed by atoms with van der Waals surface area (Å²) in [5.41, 5.74) is 0. The van der Waals surface area contributed by atoms with Crippen molar-refractivity contribution in [3.05, 3.63) is 10.2 Å². The van der Waals surface area contributed by atoms with Gasteiger partial charge in [0.2, 0.25) is 0 Å². The number of hydrogen-bond donors (Lipinski definition) is 0. The molecule has 23 heavy (non-hydrogen) atoms. The van der Waals surface area contributed by atoms with Crippen LogP contribution < -0.4 is 0 Å². The predicted octanol–water partition coefficient (Wildman–Crippen LogP) is 8.68. The standard InChI is InChI=1S/C10H19.3C4H9.Sn/c1-3-5-7-9-10-8-6-4-2;3*1-3-4-2;/h1,4-10H2,2H3;3*1,3-4H2,2H3;. The Labute approximate surface area is 152 Å². The second-order valence-electron chi connectivity index (χ2n) is 7.71. The van der Waals surface area contributed by atoms with Crippen LogP contribution in [0.5, 0.6) is 0 Å². The second kappa shape index (κ2) is 16.0. The van der Waals surface area contributed by atoms with Gasteiger partial charge in [-0.05, 0) is 0 Å². The molecule has 0 amide bonds. The molecule has 0 unspecified atom stereocenters. The van der Waals surface area contributed by atoms with Gasteiger partial charge in [-0.15, -0.1) is 0 Å². The summed E-state index contributed by atoms with van der Waals surface area (Å²) < 4.78 is 6.60. The maximum atomic E-state index is 4.71. The van der Waals surface area contributed by atoms with E-state index in [9.17, 15) is 0 Å². The fraction of sp³-hybridized carbons (Fsp3) is 0.909. The molecule has 1 heteroatoms. The molecule has 0 nitrogen and oxygen atoms in total. The third-order valence-electron chi connectivity index (χ3n) is 5.61. The van der Waals surface area contributed by atoms with Crippen LogP contribution in [0.1, 0.15) is 111 Å². The molecule has 0 N–H and O–H groups in total. The first-order chi connectivity index (χ1) is 11.2. The van der Waals surface area contributed by atoms with Gasteiger partial charge in [0.1, 0.15) is 0 Å². The van der Waals surface area contributed by atoms with Gasteiger partial charge in [-0.3, -0.25) is 0 Å². The third kappa shape index (κ3) is 10.9. The van der Waals surface area contributed by atoms with Gasteiger partial charge >= 0.3 is 153 Å². The second-order valence-corrected chi connectivity index (χ2v) is 21.3. The molecule has 0 saturated heterocycles. The van der Waals surface area contributed by atoms with Crippen molar-refractivity contribution in [2.24, 2.45) is 0 Å². The summed E-state index contributed by atoms with van der Waals surface area (Å²) in [6, 6.07) is 0. The molecule has 0 fully saturated rings. The van der Waals surface area contributed by atoms with Gasteiger partial charge in [-0.25, -0.2) is 0 Å². The van der Waals surface area contributed by atoms with E-state index in [1.165, 1.54) is 83.5 Å². The van der Waals surface area contributed by atoms with Gasteiger partial charge in [0.25, 0.3) is 0 Å². The summed E-state index contributed by atoms with van der Waals surface area (Å²) in [6.45, 7) is 14.1. The van der Waals surface area contributed by atoms with E-state index >= 15 is 0 Å². The van der Waals surface area contributed by atoms with E-state index < -0.39 is 18.4 Å². The Hall–Kier alpha value is 0.539. The first-order valence-corrected chi connectivity index (χ1v) is 18.3. The van der Waals surface area contributed by atoms with E-state index in [1.54, 1.807) is 13.3 Å². The van der Waals surface area contributed by atoms with E-state index in [4.69, 9.17) is 6.58 Å². The van der Waals surface area contributed by atoms with Gasteiger partial charge < -0.3 is 0 Å². The fourth-order valence-corrected chi connectivity index (χ4v) is 19.8. The monoisotopic (exact) mass is 430 g/mol. The summed E-state index contributed by atoms with van der Waals surface area (Å²) in [5, 5.41) is 0. The molecule has 0 heterocycles. The Morgan fingerprint density at radius 2 is 0.957 bits per heavy atom. The Morgan fingerprint density at radius 1 is 0.565 bits per heavy atom. The van der Waals surface area contributed by atoms with Gasteiger partial charge in [0.05, 0.1) is 0 Å². The van der Waals surface area contributed by atoms with E-state index in [2.05, 4.69) is 27.7 Å². The number of hydrogen-bond acceptors (Lipinski definition) is 0. The van der Waals surface area contributed by atoms with Crippen LogP contribution in [0, 0.1) is 0 Å². The van der Waals surface area contributed by atoms with Crippen LogP contribution in [0.2, 0.25) is 13.3 Å². The zero-order valence-electron chi connectivity index (χ0n) is 17.0. The zero-order chi connectivity index (χ0) is 17.4. The predicted molar refractivity (Wildman–Crippen MR) is 112 cm³/mol. The van der Waals surface area contributed by atoms with Crippen molar-refractivity contribution < 1.29 is 0 Å². The van der Waals surface area contributed by atoms with Gasteiger partial charge in [-0.2, -0.15) is 0 Å². The van der Waals surface area contributed by atoms with E-state index in [0.29, 0.717) is 0 Å². The molecule has 0 bridgehead atoms. The molecule has 138 valence electrons. The summed E-state index contributed by atoms with van der Waals surface area (Å²) in [7, 11) is 0. The van der Waals surface area contributed by atoms with E-state index in [-0.39, 0.29) is 0 Å². The van der Waals surface area contributed by atoms with Crippen LogP contribution in [-0.4, -0.2) is 18.4 Å². The molecule has 0 aliphatic carbocycles. The summed E-state index contributed by atoms with van der Waals surface area (Å²) in [4.78, 5) is 0. The molecule has 0 spiro atoms. The van der Waals surface area contributed by atoms with Crippen molar-refractivity contribution in [1.82, 2.24) is 0 Å². The minimum atomic E-state index is -2.10. The van der Waals surface area contributed by atoms with Crippen molar-refractivity contribution in [3.63, 3.8) is 0 Å². The molecular formula is C22H46Sn. The van der Waals surface area contributed by atoms with Crippen LogP contribution in [0.25, 0.3) is 0 Å². The number of rotatable bonds is 17. The van der Waals surface area contributed by atoms with Crippen LogP contribution in [0.3, 0.4) is 0 Å². The fourth-order valence-electron chi connectivity index (χ4n) is 3.83. The molecule has 0 radical (unpaired) electrons. The molecule has 0 aromatic heterocycles. The van der Waals surface area contributed by atoms with Crippen molar-refractivity contribution in [1.29, 1.82) is 0 Å². The Kier molecular flexibility index (Phi) is 16.4. The topological polar surface area (TPSA) is 0 Å². The average Bonchev–Trinajstić information content (AvgIpc) is 2.57. The van der Waals surface area contributed by atoms with Gasteiger partial charge in [0, 0.05) is 0 Å². The van der Waals surface area contributed by atoms with Crippen molar-refractivity contribution in [3.8, 4) is 0 Å². The molecular weight excluding hydrogens is 383 g/mol. The molecule has 0 aliphatic rings. The summed E-state index contributed by atoms with van der Waals surface area (Å²) in [5.74, 6) is 0. The van der Waals surface area contributed by atoms with E-state index in [1.807, 2.05) is 3.59 Å². The zero-order valence-corrected chi connectivity index (χ0v) is 19.9. The van der Waals surface area contributed by atoms with Gasteiger partial charge in [0.15, 0.2) is 0 Å². The molecule has 0 saturated carbocycles. The van der Waals surface area contributed by atoms with Crippen LogP contribution >= 0.6 is 0 Å². The molecule has 0 aromatic rings. The summed E-state index contributed by atoms with van der Waals surface area (Å²) in [6.07, 6.45) is 18.5. The SMILES string of the molecule is C=[C](CCCCCCCC)[Sn]([CH2]CCC)([CH2]CCC)[CH2]CCC. The quantitative estimate of drug-likeness (QED) is 0.160. The van der Waals surface area contributed by atoms with Crippen LogP contribution in [0.15, 0.2) is 10.2 Å². The number of allylic oxidation sites excluding steroid dienone is 1. The number of unbranched alkanes of at least 4 members (excludes halogenated alkanes) is 8. The minimum absolute atomic E-state index is 1.36. The molecule has 0 aliphatic heterocycles. The first kappa shape index (κ1) is 23.5. The summed E-state index contributed by atoms with van der Waals surface area (Å²) >= 11 is -2.10. The van der Waals surface area contributed by atoms with Crippen molar-refractivity contribution in [2.75, 3.05) is 0 Å². The average molecular weight is 429 g/mol. The van der Waals surface area contributed by atoms with Crippen LogP contribution in [0.4, 0.5) is 0 Å². The van der Waals surface area contributed by atoms with Crippen molar-refractivity contribution >= 4 is 18.4 Å². The molecule has 0 aromatic carbocycles.